The highest BCUT2D eigenvalue weighted by atomic mass is 35.5. The highest BCUT2D eigenvalue weighted by Crippen LogP contribution is 2.28. The van der Waals surface area contributed by atoms with E-state index in [0.717, 1.165) is 0 Å². The van der Waals surface area contributed by atoms with E-state index in [-0.39, 0.29) is 10.6 Å². The van der Waals surface area contributed by atoms with E-state index in [0.29, 0.717) is 10.7 Å². The van der Waals surface area contributed by atoms with Crippen LogP contribution in [0.15, 0.2) is 36.5 Å². The van der Waals surface area contributed by atoms with Crippen LogP contribution >= 0.6 is 23.2 Å². The van der Waals surface area contributed by atoms with Gasteiger partial charge in [-0.15, -0.1) is 0 Å². The second kappa shape index (κ2) is 5.00. The lowest BCUT2D eigenvalue weighted by Crippen LogP contribution is -2.03. The Kier molecular flexibility index (Phi) is 3.62. The van der Waals surface area contributed by atoms with Crippen LogP contribution in [0.1, 0.15) is 17.4 Å². The Morgan fingerprint density at radius 2 is 1.94 bits per heavy atom. The number of nitrogens with zero attached hydrogens (tertiary/aromatic N) is 1. The summed E-state index contributed by atoms with van der Waals surface area (Å²) in [5, 5.41) is 10.8. The largest absolute Gasteiger partial charge is 0.382 e. The van der Waals surface area contributed by atoms with Gasteiger partial charge in [0, 0.05) is 16.8 Å². The maximum absolute atomic E-state index is 13.1. The number of benzene rings is 1. The molecule has 0 radical (unpaired) electrons. The molecule has 1 atom stereocenters. The van der Waals surface area contributed by atoms with Crippen molar-refractivity contribution in [3.05, 3.63) is 63.6 Å². The SMILES string of the molecule is OC(c1ccc(Cl)cn1)c1cc(F)ccc1Cl. The maximum Gasteiger partial charge on any atom is 0.123 e. The summed E-state index contributed by atoms with van der Waals surface area (Å²) in [6, 6.07) is 6.97. The number of halogens is 3. The van der Waals surface area contributed by atoms with Crippen LogP contribution in [0.2, 0.25) is 10.0 Å². The third-order valence-corrected chi connectivity index (χ3v) is 2.85. The molecule has 1 aromatic carbocycles. The molecule has 88 valence electrons. The maximum atomic E-state index is 13.1. The zero-order valence-corrected chi connectivity index (χ0v) is 10.1. The van der Waals surface area contributed by atoms with Crippen molar-refractivity contribution in [1.82, 2.24) is 4.98 Å². The van der Waals surface area contributed by atoms with Crippen LogP contribution in [0.5, 0.6) is 0 Å². The van der Waals surface area contributed by atoms with Crippen LogP contribution in [-0.2, 0) is 0 Å². The number of hydrogen-bond donors (Lipinski definition) is 1. The predicted octanol–water partition coefficient (Wildman–Crippen LogP) is 3.61. The highest BCUT2D eigenvalue weighted by Gasteiger charge is 2.15. The van der Waals surface area contributed by atoms with Gasteiger partial charge in [0.25, 0.3) is 0 Å². The van der Waals surface area contributed by atoms with Crippen molar-refractivity contribution < 1.29 is 9.50 Å². The molecule has 1 aromatic heterocycles. The number of rotatable bonds is 2. The van der Waals surface area contributed by atoms with E-state index in [9.17, 15) is 9.50 Å². The molecule has 0 amide bonds. The topological polar surface area (TPSA) is 33.1 Å². The van der Waals surface area contributed by atoms with Gasteiger partial charge in [-0.05, 0) is 30.3 Å². The lowest BCUT2D eigenvalue weighted by molar-refractivity contribution is 0.215. The molecule has 0 aliphatic carbocycles. The van der Waals surface area contributed by atoms with Crippen LogP contribution in [0.3, 0.4) is 0 Å². The lowest BCUT2D eigenvalue weighted by atomic mass is 10.1. The first-order valence-electron chi connectivity index (χ1n) is 4.82. The van der Waals surface area contributed by atoms with E-state index in [1.54, 1.807) is 12.1 Å². The molecule has 2 nitrogen and oxygen atoms in total. The fourth-order valence-corrected chi connectivity index (χ4v) is 1.77. The first-order valence-corrected chi connectivity index (χ1v) is 5.58. The summed E-state index contributed by atoms with van der Waals surface area (Å²) >= 11 is 11.6. The van der Waals surface area contributed by atoms with Crippen molar-refractivity contribution in [1.29, 1.82) is 0 Å². The van der Waals surface area contributed by atoms with Gasteiger partial charge in [-0.2, -0.15) is 0 Å². The first-order chi connectivity index (χ1) is 8.08. The molecule has 17 heavy (non-hydrogen) atoms. The fraction of sp³-hybridized carbons (Fsp3) is 0.0833. The Labute approximate surface area is 108 Å². The van der Waals surface area contributed by atoms with Gasteiger partial charge in [-0.3, -0.25) is 4.98 Å². The molecular weight excluding hydrogens is 264 g/mol. The Morgan fingerprint density at radius 3 is 2.59 bits per heavy atom. The van der Waals surface area contributed by atoms with Gasteiger partial charge in [-0.25, -0.2) is 4.39 Å². The van der Waals surface area contributed by atoms with E-state index in [4.69, 9.17) is 23.2 Å². The number of aliphatic hydroxyl groups excluding tert-OH is 1. The van der Waals surface area contributed by atoms with Gasteiger partial charge in [-0.1, -0.05) is 23.2 Å². The quantitative estimate of drug-likeness (QED) is 0.905. The molecular formula is C12H8Cl2FNO. The molecule has 0 spiro atoms. The molecule has 0 aliphatic rings. The lowest BCUT2D eigenvalue weighted by Gasteiger charge is -2.12. The normalized spacial score (nSPS) is 12.5. The van der Waals surface area contributed by atoms with Crippen LogP contribution in [0.4, 0.5) is 4.39 Å². The van der Waals surface area contributed by atoms with E-state index in [1.807, 2.05) is 0 Å². The Bertz CT molecular complexity index is 531. The second-order valence-corrected chi connectivity index (χ2v) is 4.31. The first kappa shape index (κ1) is 12.3. The summed E-state index contributed by atoms with van der Waals surface area (Å²) in [4.78, 5) is 3.96. The Hall–Kier alpha value is -1.16. The van der Waals surface area contributed by atoms with E-state index < -0.39 is 11.9 Å². The minimum Gasteiger partial charge on any atom is -0.382 e. The van der Waals surface area contributed by atoms with Crippen molar-refractivity contribution >= 4 is 23.2 Å². The molecule has 2 aromatic rings. The average Bonchev–Trinajstić information content (AvgIpc) is 2.32. The third-order valence-electron chi connectivity index (χ3n) is 2.28. The van der Waals surface area contributed by atoms with Gasteiger partial charge in [0.05, 0.1) is 10.7 Å². The van der Waals surface area contributed by atoms with Crippen LogP contribution < -0.4 is 0 Å². The van der Waals surface area contributed by atoms with Crippen LogP contribution in [0.25, 0.3) is 0 Å². The predicted molar refractivity (Wildman–Crippen MR) is 64.7 cm³/mol. The summed E-state index contributed by atoms with van der Waals surface area (Å²) in [6.45, 7) is 0. The molecule has 1 heterocycles. The van der Waals surface area contributed by atoms with Crippen molar-refractivity contribution in [2.75, 3.05) is 0 Å². The standard InChI is InChI=1S/C12H8Cl2FNO/c13-7-1-4-11(16-6-7)12(17)9-5-8(15)2-3-10(9)14/h1-6,12,17H. The summed E-state index contributed by atoms with van der Waals surface area (Å²) in [5.74, 6) is -0.461. The minimum atomic E-state index is -1.07. The van der Waals surface area contributed by atoms with Gasteiger partial charge >= 0.3 is 0 Å². The van der Waals surface area contributed by atoms with E-state index in [1.165, 1.54) is 24.4 Å². The molecule has 0 aliphatic heterocycles. The molecule has 1 N–H and O–H groups in total. The smallest absolute Gasteiger partial charge is 0.123 e. The second-order valence-electron chi connectivity index (χ2n) is 3.47. The van der Waals surface area contributed by atoms with Crippen LogP contribution in [-0.4, -0.2) is 10.1 Å². The van der Waals surface area contributed by atoms with E-state index in [2.05, 4.69) is 4.98 Å². The number of aromatic nitrogens is 1. The molecule has 0 fully saturated rings. The van der Waals surface area contributed by atoms with Crippen molar-refractivity contribution in [3.63, 3.8) is 0 Å². The third kappa shape index (κ3) is 2.75. The van der Waals surface area contributed by atoms with Gasteiger partial charge < -0.3 is 5.11 Å². The summed E-state index contributed by atoms with van der Waals surface area (Å²) in [6.07, 6.45) is 0.336. The summed E-state index contributed by atoms with van der Waals surface area (Å²) < 4.78 is 13.1. The van der Waals surface area contributed by atoms with E-state index >= 15 is 0 Å². The minimum absolute atomic E-state index is 0.279. The zero-order valence-electron chi connectivity index (χ0n) is 8.57. The number of aliphatic hydroxyl groups is 1. The Morgan fingerprint density at radius 1 is 1.18 bits per heavy atom. The summed E-state index contributed by atoms with van der Waals surface area (Å²) in [7, 11) is 0. The summed E-state index contributed by atoms with van der Waals surface area (Å²) in [5.41, 5.74) is 0.642. The molecule has 0 saturated heterocycles. The van der Waals surface area contributed by atoms with Gasteiger partial charge in [0.1, 0.15) is 11.9 Å². The van der Waals surface area contributed by atoms with Crippen molar-refractivity contribution in [3.8, 4) is 0 Å². The van der Waals surface area contributed by atoms with Gasteiger partial charge in [0.15, 0.2) is 0 Å². The fourth-order valence-electron chi connectivity index (χ4n) is 1.43. The monoisotopic (exact) mass is 271 g/mol. The number of pyridine rings is 1. The van der Waals surface area contributed by atoms with Gasteiger partial charge in [0.2, 0.25) is 0 Å². The average molecular weight is 272 g/mol. The molecule has 0 bridgehead atoms. The highest BCUT2D eigenvalue weighted by molar-refractivity contribution is 6.31. The van der Waals surface area contributed by atoms with Crippen LogP contribution in [0, 0.1) is 5.82 Å². The zero-order chi connectivity index (χ0) is 12.4. The molecule has 2 rings (SSSR count). The molecule has 0 saturated carbocycles. The number of hydrogen-bond acceptors (Lipinski definition) is 2. The van der Waals surface area contributed by atoms with Crippen molar-refractivity contribution in [2.24, 2.45) is 0 Å². The van der Waals surface area contributed by atoms with Crippen molar-refractivity contribution in [2.45, 2.75) is 6.10 Å². The molecule has 5 heteroatoms. The molecule has 1 unspecified atom stereocenters. The Balaban J connectivity index is 2.39.